The van der Waals surface area contributed by atoms with E-state index in [0.29, 0.717) is 24.4 Å². The number of allylic oxidation sites excluding steroid dienone is 1. The lowest BCUT2D eigenvalue weighted by molar-refractivity contribution is -0.152. The summed E-state index contributed by atoms with van der Waals surface area (Å²) in [6.07, 6.45) is 14.4. The standard InChI is InChI=1S/C28H44O4/c1-5-32-26(31)22(18(2)29)11-9-19-7-6-8-24-23-12-10-20-17-21(30)13-15-28(20,4)25(23)14-16-27(19,24)3/h10,19,21-25,30H,5-9,11-17H2,1-4H3. The molecule has 0 heterocycles. The molecule has 0 spiro atoms. The maximum atomic E-state index is 12.3. The summed E-state index contributed by atoms with van der Waals surface area (Å²) in [7, 11) is 0. The number of fused-ring (bicyclic) bond motifs is 5. The largest absolute Gasteiger partial charge is 0.465 e. The first-order chi connectivity index (χ1) is 15.2. The van der Waals surface area contributed by atoms with Crippen molar-refractivity contribution in [1.82, 2.24) is 0 Å². The van der Waals surface area contributed by atoms with Crippen LogP contribution in [0.2, 0.25) is 0 Å². The molecule has 0 aliphatic heterocycles. The summed E-state index contributed by atoms with van der Waals surface area (Å²) < 4.78 is 5.19. The average Bonchev–Trinajstić information content (AvgIpc) is 2.74. The Balaban J connectivity index is 1.50. The topological polar surface area (TPSA) is 63.6 Å². The summed E-state index contributed by atoms with van der Waals surface area (Å²) in [4.78, 5) is 24.5. The summed E-state index contributed by atoms with van der Waals surface area (Å²) in [6, 6.07) is 0. The van der Waals surface area contributed by atoms with Crippen molar-refractivity contribution in [2.45, 2.75) is 104 Å². The first kappa shape index (κ1) is 24.0. The fourth-order valence-electron chi connectivity index (χ4n) is 8.53. The Labute approximate surface area is 194 Å². The van der Waals surface area contributed by atoms with Crippen LogP contribution in [-0.4, -0.2) is 29.6 Å². The fraction of sp³-hybridized carbons (Fsp3) is 0.857. The number of aliphatic hydroxyl groups excluding tert-OH is 1. The number of esters is 1. The minimum atomic E-state index is -0.594. The maximum absolute atomic E-state index is 12.3. The molecule has 0 aromatic heterocycles. The van der Waals surface area contributed by atoms with Crippen molar-refractivity contribution in [3.8, 4) is 0 Å². The molecule has 0 aromatic carbocycles. The summed E-state index contributed by atoms with van der Waals surface area (Å²) >= 11 is 0. The number of ketones is 1. The second kappa shape index (κ2) is 9.24. The average molecular weight is 445 g/mol. The van der Waals surface area contributed by atoms with Gasteiger partial charge in [0, 0.05) is 0 Å². The van der Waals surface area contributed by atoms with Crippen molar-refractivity contribution < 1.29 is 19.4 Å². The van der Waals surface area contributed by atoms with Crippen molar-refractivity contribution in [1.29, 1.82) is 0 Å². The van der Waals surface area contributed by atoms with Crippen molar-refractivity contribution >= 4 is 11.8 Å². The molecule has 4 nitrogen and oxygen atoms in total. The highest BCUT2D eigenvalue weighted by Gasteiger charge is 2.57. The molecule has 0 bridgehead atoms. The number of hydrogen-bond donors (Lipinski definition) is 1. The van der Waals surface area contributed by atoms with Crippen LogP contribution >= 0.6 is 0 Å². The smallest absolute Gasteiger partial charge is 0.316 e. The van der Waals surface area contributed by atoms with Crippen molar-refractivity contribution in [2.24, 2.45) is 40.4 Å². The molecule has 0 amide bonds. The predicted molar refractivity (Wildman–Crippen MR) is 126 cm³/mol. The molecule has 4 aliphatic rings. The predicted octanol–water partition coefficient (Wildman–Crippen LogP) is 5.86. The molecule has 8 atom stereocenters. The number of Topliss-reactive ketones (excluding diaryl/α,β-unsaturated/α-hetero) is 1. The Kier molecular flexibility index (Phi) is 6.92. The molecule has 0 aromatic rings. The third-order valence-electron chi connectivity index (χ3n) is 10.4. The van der Waals surface area contributed by atoms with Gasteiger partial charge in [-0.3, -0.25) is 9.59 Å². The van der Waals surface area contributed by atoms with Crippen LogP contribution in [0.1, 0.15) is 98.3 Å². The van der Waals surface area contributed by atoms with E-state index in [2.05, 4.69) is 19.9 Å². The van der Waals surface area contributed by atoms with Crippen LogP contribution in [0.15, 0.2) is 11.6 Å². The van der Waals surface area contributed by atoms with Gasteiger partial charge in [-0.25, -0.2) is 0 Å². The van der Waals surface area contributed by atoms with Gasteiger partial charge in [0.05, 0.1) is 12.7 Å². The number of hydrogen-bond acceptors (Lipinski definition) is 4. The van der Waals surface area contributed by atoms with E-state index in [1.54, 1.807) is 6.92 Å². The van der Waals surface area contributed by atoms with Gasteiger partial charge in [0.2, 0.25) is 0 Å². The minimum Gasteiger partial charge on any atom is -0.465 e. The SMILES string of the molecule is CCOC(=O)C(CCC1CCCC2C3CC=C4CC(O)CCC4(C)C3CCC12C)C(C)=O. The van der Waals surface area contributed by atoms with Crippen LogP contribution in [0, 0.1) is 40.4 Å². The van der Waals surface area contributed by atoms with E-state index in [9.17, 15) is 14.7 Å². The molecule has 0 radical (unpaired) electrons. The monoisotopic (exact) mass is 444 g/mol. The lowest BCUT2D eigenvalue weighted by Crippen LogP contribution is -2.54. The first-order valence-electron chi connectivity index (χ1n) is 13.2. The third kappa shape index (κ3) is 4.10. The number of rotatable bonds is 6. The lowest BCUT2D eigenvalue weighted by atomic mass is 9.43. The molecule has 32 heavy (non-hydrogen) atoms. The zero-order valence-electron chi connectivity index (χ0n) is 20.7. The molecule has 0 saturated heterocycles. The van der Waals surface area contributed by atoms with Gasteiger partial charge in [0.15, 0.2) is 0 Å². The molecule has 180 valence electrons. The van der Waals surface area contributed by atoms with Gasteiger partial charge < -0.3 is 9.84 Å². The van der Waals surface area contributed by atoms with Gasteiger partial charge in [-0.15, -0.1) is 0 Å². The normalized spacial score (nSPS) is 42.0. The molecular formula is C28H44O4. The summed E-state index contributed by atoms with van der Waals surface area (Å²) in [5, 5.41) is 10.2. The Hall–Kier alpha value is -1.16. The van der Waals surface area contributed by atoms with Crippen LogP contribution < -0.4 is 0 Å². The van der Waals surface area contributed by atoms with E-state index < -0.39 is 5.92 Å². The van der Waals surface area contributed by atoms with E-state index in [-0.39, 0.29) is 23.3 Å². The Bertz CT molecular complexity index is 757. The molecule has 1 N–H and O–H groups in total. The second-order valence-corrected chi connectivity index (χ2v) is 11.8. The highest BCUT2D eigenvalue weighted by atomic mass is 16.5. The molecular weight excluding hydrogens is 400 g/mol. The summed E-state index contributed by atoms with van der Waals surface area (Å²) in [5.41, 5.74) is 2.12. The molecule has 3 saturated carbocycles. The number of ether oxygens (including phenoxy) is 1. The Morgan fingerprint density at radius 3 is 2.66 bits per heavy atom. The number of aliphatic hydroxyl groups is 1. The number of carbonyl (C=O) groups excluding carboxylic acids is 2. The van der Waals surface area contributed by atoms with E-state index in [1.807, 2.05) is 0 Å². The van der Waals surface area contributed by atoms with Gasteiger partial charge in [-0.1, -0.05) is 31.9 Å². The van der Waals surface area contributed by atoms with Crippen LogP contribution in [0.3, 0.4) is 0 Å². The van der Waals surface area contributed by atoms with E-state index >= 15 is 0 Å². The zero-order chi connectivity index (χ0) is 23.1. The zero-order valence-corrected chi connectivity index (χ0v) is 20.7. The quantitative estimate of drug-likeness (QED) is 0.316. The lowest BCUT2D eigenvalue weighted by Gasteiger charge is -2.62. The van der Waals surface area contributed by atoms with E-state index in [1.165, 1.54) is 51.0 Å². The Morgan fingerprint density at radius 2 is 1.94 bits per heavy atom. The highest BCUT2D eigenvalue weighted by Crippen LogP contribution is 2.65. The molecule has 3 fully saturated rings. The van der Waals surface area contributed by atoms with Crippen LogP contribution in [-0.2, 0) is 14.3 Å². The molecule has 4 rings (SSSR count). The van der Waals surface area contributed by atoms with E-state index in [4.69, 9.17) is 4.74 Å². The first-order valence-corrected chi connectivity index (χ1v) is 13.2. The molecule has 8 unspecified atom stereocenters. The summed E-state index contributed by atoms with van der Waals surface area (Å²) in [6.45, 7) is 8.68. The van der Waals surface area contributed by atoms with Gasteiger partial charge in [0.25, 0.3) is 0 Å². The third-order valence-corrected chi connectivity index (χ3v) is 10.4. The van der Waals surface area contributed by atoms with Crippen LogP contribution in [0.25, 0.3) is 0 Å². The molecule has 4 aliphatic carbocycles. The maximum Gasteiger partial charge on any atom is 0.316 e. The minimum absolute atomic E-state index is 0.0537. The molecule has 4 heteroatoms. The Morgan fingerprint density at radius 1 is 1.16 bits per heavy atom. The summed E-state index contributed by atoms with van der Waals surface area (Å²) in [5.74, 6) is 1.83. The fourth-order valence-corrected chi connectivity index (χ4v) is 8.53. The van der Waals surface area contributed by atoms with Crippen LogP contribution in [0.4, 0.5) is 0 Å². The van der Waals surface area contributed by atoms with Crippen molar-refractivity contribution in [3.63, 3.8) is 0 Å². The van der Waals surface area contributed by atoms with Gasteiger partial charge in [-0.2, -0.15) is 0 Å². The van der Waals surface area contributed by atoms with Gasteiger partial charge in [0.1, 0.15) is 11.7 Å². The highest BCUT2D eigenvalue weighted by molar-refractivity contribution is 5.97. The van der Waals surface area contributed by atoms with Crippen molar-refractivity contribution in [3.05, 3.63) is 11.6 Å². The second-order valence-electron chi connectivity index (χ2n) is 11.8. The van der Waals surface area contributed by atoms with Crippen LogP contribution in [0.5, 0.6) is 0 Å². The van der Waals surface area contributed by atoms with E-state index in [0.717, 1.165) is 43.4 Å². The van der Waals surface area contributed by atoms with Gasteiger partial charge >= 0.3 is 5.97 Å². The van der Waals surface area contributed by atoms with Crippen molar-refractivity contribution in [2.75, 3.05) is 6.61 Å². The van der Waals surface area contributed by atoms with Gasteiger partial charge in [-0.05, 0) is 113 Å². The number of carbonyl (C=O) groups is 2.